The van der Waals surface area contributed by atoms with Crippen molar-refractivity contribution in [2.45, 2.75) is 25.4 Å². The molecule has 24 heavy (non-hydrogen) atoms. The van der Waals surface area contributed by atoms with Gasteiger partial charge < -0.3 is 9.55 Å². The molecule has 1 atom stereocenters. The Kier molecular flexibility index (Phi) is 4.44. The van der Waals surface area contributed by atoms with Crippen LogP contribution in [0.2, 0.25) is 5.02 Å². The lowest BCUT2D eigenvalue weighted by atomic mass is 10.0. The van der Waals surface area contributed by atoms with Gasteiger partial charge in [-0.15, -0.1) is 0 Å². The number of imidazole rings is 1. The number of benzene rings is 2. The number of piperidine rings is 1. The first-order valence-electron chi connectivity index (χ1n) is 8.37. The number of para-hydroxylation sites is 1. The number of nitrogens with one attached hydrogen (secondary N) is 1. The molecule has 1 aromatic heterocycles. The second kappa shape index (κ2) is 6.71. The summed E-state index contributed by atoms with van der Waals surface area (Å²) in [6, 6.07) is 17.1. The van der Waals surface area contributed by atoms with E-state index in [1.54, 1.807) is 0 Å². The van der Waals surface area contributed by atoms with E-state index in [-0.39, 0.29) is 0 Å². The van der Waals surface area contributed by atoms with Gasteiger partial charge in [-0.2, -0.15) is 0 Å². The predicted molar refractivity (Wildman–Crippen MR) is 102 cm³/mol. The Balaban J connectivity index is 1.62. The summed E-state index contributed by atoms with van der Waals surface area (Å²) in [5, 5.41) is 0.731. The molecule has 0 bridgehead atoms. The molecule has 3 aromatic rings. The van der Waals surface area contributed by atoms with Crippen LogP contribution in [0.15, 0.2) is 48.5 Å². The molecule has 1 saturated heterocycles. The first-order valence-corrected chi connectivity index (χ1v) is 9.16. The summed E-state index contributed by atoms with van der Waals surface area (Å²) in [4.78, 5) is 5.81. The van der Waals surface area contributed by atoms with E-state index in [0.717, 1.165) is 46.9 Å². The Bertz CT molecular complexity index is 900. The van der Waals surface area contributed by atoms with Gasteiger partial charge in [0.05, 0.1) is 16.1 Å². The second-order valence-electron chi connectivity index (χ2n) is 6.45. The van der Waals surface area contributed by atoms with E-state index >= 15 is 0 Å². The van der Waals surface area contributed by atoms with Crippen molar-refractivity contribution in [3.8, 4) is 0 Å². The van der Waals surface area contributed by atoms with Crippen molar-refractivity contribution in [2.24, 2.45) is 0 Å². The number of aromatic amines is 1. The van der Waals surface area contributed by atoms with E-state index < -0.39 is 0 Å². The third-order valence-electron chi connectivity index (χ3n) is 4.80. The molecule has 4 rings (SSSR count). The maximum Gasteiger partial charge on any atom is 0.178 e. The zero-order chi connectivity index (χ0) is 16.5. The summed E-state index contributed by atoms with van der Waals surface area (Å²) in [6.45, 7) is 3.15. The Morgan fingerprint density at radius 1 is 1.12 bits per heavy atom. The van der Waals surface area contributed by atoms with Gasteiger partial charge in [0, 0.05) is 19.1 Å². The minimum absolute atomic E-state index is 0.391. The van der Waals surface area contributed by atoms with Crippen LogP contribution >= 0.6 is 23.8 Å². The number of nitrogens with zero attached hydrogens (tertiary/aromatic N) is 2. The monoisotopic (exact) mass is 357 g/mol. The van der Waals surface area contributed by atoms with Gasteiger partial charge in [-0.3, -0.25) is 4.90 Å². The number of fused-ring (bicyclic) bond motifs is 1. The highest BCUT2D eigenvalue weighted by Gasteiger charge is 2.23. The third kappa shape index (κ3) is 3.02. The van der Waals surface area contributed by atoms with Crippen molar-refractivity contribution in [1.82, 2.24) is 14.5 Å². The van der Waals surface area contributed by atoms with Crippen LogP contribution in [-0.2, 0) is 6.54 Å². The van der Waals surface area contributed by atoms with Crippen LogP contribution in [0.25, 0.3) is 11.0 Å². The molecule has 0 amide bonds. The van der Waals surface area contributed by atoms with Crippen LogP contribution in [0, 0.1) is 4.77 Å². The molecule has 124 valence electrons. The number of likely N-dealkylation sites (tertiary alicyclic amines) is 1. The predicted octanol–water partition coefficient (Wildman–Crippen LogP) is 5.19. The summed E-state index contributed by atoms with van der Waals surface area (Å²) in [5.41, 5.74) is 3.42. The Morgan fingerprint density at radius 2 is 1.96 bits per heavy atom. The van der Waals surface area contributed by atoms with Gasteiger partial charge in [-0.25, -0.2) is 0 Å². The van der Waals surface area contributed by atoms with Crippen molar-refractivity contribution < 1.29 is 0 Å². The lowest BCUT2D eigenvalue weighted by molar-refractivity contribution is 0.171. The molecule has 1 unspecified atom stereocenters. The second-order valence-corrected chi connectivity index (χ2v) is 7.24. The molecule has 1 fully saturated rings. The molecule has 3 nitrogen and oxygen atoms in total. The molecule has 0 saturated carbocycles. The molecule has 2 aromatic carbocycles. The van der Waals surface area contributed by atoms with E-state index in [0.29, 0.717) is 6.04 Å². The standard InChI is InChI=1S/C19H20ClN3S/c20-16-9-4-10-17-18(16)21-19(24)23(17)15-8-5-11-22(13-15)12-14-6-2-1-3-7-14/h1-4,6-7,9-10,15H,5,8,11-13H2,(H,21,24). The molecule has 1 aliphatic rings. The minimum Gasteiger partial charge on any atom is -0.329 e. The smallest absolute Gasteiger partial charge is 0.178 e. The van der Waals surface area contributed by atoms with Crippen LogP contribution in [0.1, 0.15) is 24.4 Å². The molecule has 0 spiro atoms. The largest absolute Gasteiger partial charge is 0.329 e. The van der Waals surface area contributed by atoms with Crippen LogP contribution < -0.4 is 0 Å². The van der Waals surface area contributed by atoms with Crippen LogP contribution in [0.4, 0.5) is 0 Å². The lowest BCUT2D eigenvalue weighted by Gasteiger charge is -2.33. The van der Waals surface area contributed by atoms with Crippen molar-refractivity contribution in [3.05, 3.63) is 63.9 Å². The van der Waals surface area contributed by atoms with Gasteiger partial charge in [0.1, 0.15) is 0 Å². The number of H-pyrrole nitrogens is 1. The van der Waals surface area contributed by atoms with Crippen molar-refractivity contribution in [1.29, 1.82) is 0 Å². The maximum atomic E-state index is 6.32. The summed E-state index contributed by atoms with van der Waals surface area (Å²) in [6.07, 6.45) is 2.34. The fourth-order valence-electron chi connectivity index (χ4n) is 3.70. The minimum atomic E-state index is 0.391. The van der Waals surface area contributed by atoms with Gasteiger partial charge in [-0.05, 0) is 49.3 Å². The fourth-order valence-corrected chi connectivity index (χ4v) is 4.27. The molecule has 5 heteroatoms. The van der Waals surface area contributed by atoms with E-state index in [1.165, 1.54) is 12.0 Å². The zero-order valence-corrected chi connectivity index (χ0v) is 15.0. The zero-order valence-electron chi connectivity index (χ0n) is 13.4. The molecular weight excluding hydrogens is 338 g/mol. The number of halogens is 1. The lowest BCUT2D eigenvalue weighted by Crippen LogP contribution is -2.36. The summed E-state index contributed by atoms with van der Waals surface area (Å²) in [5.74, 6) is 0. The summed E-state index contributed by atoms with van der Waals surface area (Å²) in [7, 11) is 0. The van der Waals surface area contributed by atoms with Crippen LogP contribution in [0.3, 0.4) is 0 Å². The average Bonchev–Trinajstić information content (AvgIpc) is 2.93. The van der Waals surface area contributed by atoms with Gasteiger partial charge in [0.25, 0.3) is 0 Å². The molecule has 1 N–H and O–H groups in total. The van der Waals surface area contributed by atoms with Crippen molar-refractivity contribution in [3.63, 3.8) is 0 Å². The Labute approximate surface area is 151 Å². The van der Waals surface area contributed by atoms with Crippen LogP contribution in [0.5, 0.6) is 0 Å². The number of rotatable bonds is 3. The first-order chi connectivity index (χ1) is 11.7. The highest BCUT2D eigenvalue weighted by molar-refractivity contribution is 7.71. The molecular formula is C19H20ClN3S. The number of hydrogen-bond donors (Lipinski definition) is 1. The van der Waals surface area contributed by atoms with Crippen molar-refractivity contribution in [2.75, 3.05) is 13.1 Å². The maximum absolute atomic E-state index is 6.32. The summed E-state index contributed by atoms with van der Waals surface area (Å²) >= 11 is 11.9. The van der Waals surface area contributed by atoms with Gasteiger partial charge in [-0.1, -0.05) is 48.0 Å². The molecule has 2 heterocycles. The van der Waals surface area contributed by atoms with E-state index in [4.69, 9.17) is 23.8 Å². The van der Waals surface area contributed by atoms with Crippen LogP contribution in [-0.4, -0.2) is 27.5 Å². The van der Waals surface area contributed by atoms with Gasteiger partial charge >= 0.3 is 0 Å². The molecule has 0 aliphatic carbocycles. The fraction of sp³-hybridized carbons (Fsp3) is 0.316. The highest BCUT2D eigenvalue weighted by Crippen LogP contribution is 2.30. The normalized spacial score (nSPS) is 19.0. The molecule has 1 aliphatic heterocycles. The van der Waals surface area contributed by atoms with Crippen molar-refractivity contribution >= 4 is 34.9 Å². The SMILES string of the molecule is S=c1[nH]c2c(Cl)cccc2n1C1CCCN(Cc2ccccc2)C1. The molecule has 0 radical (unpaired) electrons. The van der Waals surface area contributed by atoms with E-state index in [2.05, 4.69) is 50.8 Å². The summed E-state index contributed by atoms with van der Waals surface area (Å²) < 4.78 is 3.03. The van der Waals surface area contributed by atoms with Gasteiger partial charge in [0.2, 0.25) is 0 Å². The highest BCUT2D eigenvalue weighted by atomic mass is 35.5. The number of aromatic nitrogens is 2. The number of hydrogen-bond acceptors (Lipinski definition) is 2. The average molecular weight is 358 g/mol. The van der Waals surface area contributed by atoms with E-state index in [1.807, 2.05) is 12.1 Å². The third-order valence-corrected chi connectivity index (χ3v) is 5.41. The Hall–Kier alpha value is -1.62. The van der Waals surface area contributed by atoms with Gasteiger partial charge in [0.15, 0.2) is 4.77 Å². The Morgan fingerprint density at radius 3 is 2.79 bits per heavy atom. The van der Waals surface area contributed by atoms with E-state index in [9.17, 15) is 0 Å². The topological polar surface area (TPSA) is 24.0 Å². The first kappa shape index (κ1) is 15.9. The quantitative estimate of drug-likeness (QED) is 0.652.